The summed E-state index contributed by atoms with van der Waals surface area (Å²) in [6, 6.07) is 0. The Morgan fingerprint density at radius 1 is 1.46 bits per heavy atom. The largest absolute Gasteiger partial charge is 0.437 e. The predicted octanol–water partition coefficient (Wildman–Crippen LogP) is 1.71. The van der Waals surface area contributed by atoms with Crippen molar-refractivity contribution in [2.75, 3.05) is 0 Å². The van der Waals surface area contributed by atoms with Gasteiger partial charge in [0.05, 0.1) is 0 Å². The molecule has 1 rings (SSSR count). The van der Waals surface area contributed by atoms with E-state index in [1.807, 2.05) is 0 Å². The Labute approximate surface area is 75.0 Å². The highest BCUT2D eigenvalue weighted by atomic mass is 16.6. The van der Waals surface area contributed by atoms with Gasteiger partial charge in [0.2, 0.25) is 0 Å². The van der Waals surface area contributed by atoms with Crippen LogP contribution >= 0.6 is 0 Å². The Kier molecular flexibility index (Phi) is 3.36. The number of hydrogen-bond donors (Lipinski definition) is 0. The molecule has 0 spiro atoms. The van der Waals surface area contributed by atoms with Crippen molar-refractivity contribution in [2.45, 2.75) is 32.6 Å². The zero-order chi connectivity index (χ0) is 9.68. The van der Waals surface area contributed by atoms with Crippen LogP contribution in [0.4, 0.5) is 5.82 Å². The van der Waals surface area contributed by atoms with Gasteiger partial charge in [-0.2, -0.15) is 0 Å². The average molecular weight is 185 g/mol. The van der Waals surface area contributed by atoms with E-state index < -0.39 is 4.92 Å². The standard InChI is InChI=1S/C7H11N3O3/c1-2-3-4-5-6-7(10(11)12)9-13-8-6/h2-5H2,1H3. The molecule has 0 unspecified atom stereocenters. The van der Waals surface area contributed by atoms with Gasteiger partial charge in [-0.25, -0.2) is 0 Å². The van der Waals surface area contributed by atoms with Crippen molar-refractivity contribution < 1.29 is 9.55 Å². The molecule has 0 saturated carbocycles. The molecule has 0 aliphatic carbocycles. The van der Waals surface area contributed by atoms with Crippen LogP contribution in [0.25, 0.3) is 0 Å². The number of rotatable bonds is 5. The van der Waals surface area contributed by atoms with Gasteiger partial charge in [0.1, 0.15) is 0 Å². The van der Waals surface area contributed by atoms with Crippen LogP contribution in [0.5, 0.6) is 0 Å². The second kappa shape index (κ2) is 4.54. The smallest absolute Gasteiger partial charge is 0.358 e. The fourth-order valence-electron chi connectivity index (χ4n) is 1.04. The number of aromatic nitrogens is 2. The molecule has 1 aromatic heterocycles. The average Bonchev–Trinajstić information content (AvgIpc) is 2.53. The van der Waals surface area contributed by atoms with E-state index in [1.165, 1.54) is 0 Å². The van der Waals surface area contributed by atoms with Gasteiger partial charge < -0.3 is 10.1 Å². The van der Waals surface area contributed by atoms with Crippen LogP contribution in [0.2, 0.25) is 0 Å². The fraction of sp³-hybridized carbons (Fsp3) is 0.714. The summed E-state index contributed by atoms with van der Waals surface area (Å²) in [6.45, 7) is 2.06. The van der Waals surface area contributed by atoms with E-state index >= 15 is 0 Å². The molecule has 0 radical (unpaired) electrons. The lowest BCUT2D eigenvalue weighted by Crippen LogP contribution is -1.94. The van der Waals surface area contributed by atoms with Crippen LogP contribution in [0.15, 0.2) is 4.63 Å². The van der Waals surface area contributed by atoms with Crippen LogP contribution in [-0.4, -0.2) is 15.2 Å². The molecule has 13 heavy (non-hydrogen) atoms. The van der Waals surface area contributed by atoms with Crippen LogP contribution in [0, 0.1) is 10.1 Å². The van der Waals surface area contributed by atoms with Gasteiger partial charge in [-0.05, 0) is 16.5 Å². The van der Waals surface area contributed by atoms with E-state index in [-0.39, 0.29) is 5.82 Å². The molecule has 0 atom stereocenters. The Balaban J connectivity index is 2.55. The molecule has 6 heteroatoms. The van der Waals surface area contributed by atoms with Crippen LogP contribution in [0.1, 0.15) is 31.9 Å². The molecule has 0 N–H and O–H groups in total. The minimum absolute atomic E-state index is 0.254. The van der Waals surface area contributed by atoms with Gasteiger partial charge in [-0.3, -0.25) is 0 Å². The van der Waals surface area contributed by atoms with Crippen molar-refractivity contribution in [1.82, 2.24) is 10.3 Å². The Morgan fingerprint density at radius 2 is 2.23 bits per heavy atom. The lowest BCUT2D eigenvalue weighted by Gasteiger charge is -1.93. The first kappa shape index (κ1) is 9.63. The van der Waals surface area contributed by atoms with E-state index in [4.69, 9.17) is 0 Å². The molecule has 0 saturated heterocycles. The maximum absolute atomic E-state index is 10.4. The number of unbranched alkanes of at least 4 members (excludes halogenated alkanes) is 2. The highest BCUT2D eigenvalue weighted by Gasteiger charge is 2.20. The molecule has 0 fully saturated rings. The number of aryl methyl sites for hydroxylation is 1. The first-order valence-corrected chi connectivity index (χ1v) is 4.21. The van der Waals surface area contributed by atoms with Crippen molar-refractivity contribution in [2.24, 2.45) is 0 Å². The van der Waals surface area contributed by atoms with E-state index in [1.54, 1.807) is 0 Å². The number of nitro groups is 1. The molecule has 0 aliphatic heterocycles. The summed E-state index contributed by atoms with van der Waals surface area (Å²) in [5.74, 6) is -0.254. The third-order valence-corrected chi connectivity index (χ3v) is 1.73. The summed E-state index contributed by atoms with van der Waals surface area (Å²) in [7, 11) is 0. The van der Waals surface area contributed by atoms with Crippen molar-refractivity contribution >= 4 is 5.82 Å². The molecule has 0 bridgehead atoms. The molecule has 1 heterocycles. The maximum atomic E-state index is 10.4. The summed E-state index contributed by atoms with van der Waals surface area (Å²) in [6.07, 6.45) is 3.54. The summed E-state index contributed by atoms with van der Waals surface area (Å²) in [5.41, 5.74) is 0.346. The van der Waals surface area contributed by atoms with Crippen molar-refractivity contribution in [3.63, 3.8) is 0 Å². The van der Waals surface area contributed by atoms with Crippen LogP contribution < -0.4 is 0 Å². The van der Waals surface area contributed by atoms with E-state index in [9.17, 15) is 10.1 Å². The number of nitrogens with zero attached hydrogens (tertiary/aromatic N) is 3. The topological polar surface area (TPSA) is 82.1 Å². The van der Waals surface area contributed by atoms with Crippen molar-refractivity contribution in [1.29, 1.82) is 0 Å². The van der Waals surface area contributed by atoms with Crippen LogP contribution in [-0.2, 0) is 6.42 Å². The van der Waals surface area contributed by atoms with Gasteiger partial charge in [0, 0.05) is 6.42 Å². The zero-order valence-corrected chi connectivity index (χ0v) is 7.39. The lowest BCUT2D eigenvalue weighted by molar-refractivity contribution is -0.391. The second-order valence-electron chi connectivity index (χ2n) is 2.75. The minimum atomic E-state index is -0.572. The third-order valence-electron chi connectivity index (χ3n) is 1.73. The van der Waals surface area contributed by atoms with Gasteiger partial charge in [-0.15, -0.1) is 4.63 Å². The van der Waals surface area contributed by atoms with E-state index in [2.05, 4.69) is 21.9 Å². The summed E-state index contributed by atoms with van der Waals surface area (Å²) < 4.78 is 4.30. The summed E-state index contributed by atoms with van der Waals surface area (Å²) >= 11 is 0. The highest BCUT2D eigenvalue weighted by molar-refractivity contribution is 5.22. The minimum Gasteiger partial charge on any atom is -0.358 e. The molecule has 1 aromatic rings. The van der Waals surface area contributed by atoms with E-state index in [0.717, 1.165) is 19.3 Å². The molecular formula is C7H11N3O3. The molecule has 0 amide bonds. The molecular weight excluding hydrogens is 174 g/mol. The Morgan fingerprint density at radius 3 is 2.85 bits per heavy atom. The summed E-state index contributed by atoms with van der Waals surface area (Å²) in [5, 5.41) is 17.0. The predicted molar refractivity (Wildman–Crippen MR) is 44.2 cm³/mol. The normalized spacial score (nSPS) is 10.2. The quantitative estimate of drug-likeness (QED) is 0.396. The molecule has 72 valence electrons. The Hall–Kier alpha value is -1.46. The Bertz CT molecular complexity index is 284. The van der Waals surface area contributed by atoms with Crippen molar-refractivity contribution in [3.8, 4) is 0 Å². The number of hydrogen-bond acceptors (Lipinski definition) is 5. The van der Waals surface area contributed by atoms with Gasteiger partial charge in [-0.1, -0.05) is 19.8 Å². The third kappa shape index (κ3) is 2.50. The molecule has 0 aromatic carbocycles. The van der Waals surface area contributed by atoms with Gasteiger partial charge in [0.15, 0.2) is 10.9 Å². The van der Waals surface area contributed by atoms with Gasteiger partial charge in [0.25, 0.3) is 0 Å². The monoisotopic (exact) mass is 185 g/mol. The molecule has 0 aliphatic rings. The first-order chi connectivity index (χ1) is 6.25. The fourth-order valence-corrected chi connectivity index (χ4v) is 1.04. The first-order valence-electron chi connectivity index (χ1n) is 4.21. The molecule has 6 nitrogen and oxygen atoms in total. The highest BCUT2D eigenvalue weighted by Crippen LogP contribution is 2.14. The van der Waals surface area contributed by atoms with Crippen molar-refractivity contribution in [3.05, 3.63) is 15.8 Å². The van der Waals surface area contributed by atoms with E-state index in [0.29, 0.717) is 12.1 Å². The second-order valence-corrected chi connectivity index (χ2v) is 2.75. The lowest BCUT2D eigenvalue weighted by atomic mass is 10.1. The van der Waals surface area contributed by atoms with Crippen LogP contribution in [0.3, 0.4) is 0 Å². The zero-order valence-electron chi connectivity index (χ0n) is 7.39. The maximum Gasteiger partial charge on any atom is 0.437 e. The van der Waals surface area contributed by atoms with Gasteiger partial charge >= 0.3 is 5.82 Å². The SMILES string of the molecule is CCCCCc1nonc1[N+](=O)[O-]. The summed E-state index contributed by atoms with van der Waals surface area (Å²) in [4.78, 5) is 9.79.